The van der Waals surface area contributed by atoms with Crippen molar-refractivity contribution in [2.75, 3.05) is 0 Å². The maximum absolute atomic E-state index is 13.6. The Kier molecular flexibility index (Phi) is 4.19. The Hall–Kier alpha value is -2.87. The number of ether oxygens (including phenoxy) is 1. The van der Waals surface area contributed by atoms with E-state index in [9.17, 15) is 9.18 Å². The Labute approximate surface area is 121 Å². The summed E-state index contributed by atoms with van der Waals surface area (Å²) in [6.07, 6.45) is -0.419. The molecule has 1 amide bonds. The summed E-state index contributed by atoms with van der Waals surface area (Å²) in [5.41, 5.74) is 6.24. The number of rotatable bonds is 4. The molecule has 2 aromatic rings. The minimum Gasteiger partial charge on any atom is -0.485 e. The van der Waals surface area contributed by atoms with E-state index >= 15 is 0 Å². The number of nitrogens with zero attached hydrogens (tertiary/aromatic N) is 1. The highest BCUT2D eigenvalue weighted by molar-refractivity contribution is 5.95. The fourth-order valence-corrected chi connectivity index (χ4v) is 1.93. The van der Waals surface area contributed by atoms with Crippen LogP contribution in [0.2, 0.25) is 0 Å². The average molecular weight is 284 g/mol. The van der Waals surface area contributed by atoms with Crippen LogP contribution in [0.15, 0.2) is 42.5 Å². The first-order valence-electron chi connectivity index (χ1n) is 6.28. The second kappa shape index (κ2) is 6.06. The van der Waals surface area contributed by atoms with Crippen LogP contribution in [-0.4, -0.2) is 5.91 Å². The van der Waals surface area contributed by atoms with Crippen molar-refractivity contribution in [3.63, 3.8) is 0 Å². The van der Waals surface area contributed by atoms with Crippen LogP contribution >= 0.6 is 0 Å². The van der Waals surface area contributed by atoms with E-state index in [0.717, 1.165) is 11.6 Å². The number of halogens is 1. The van der Waals surface area contributed by atoms with Crippen LogP contribution in [-0.2, 0) is 0 Å². The van der Waals surface area contributed by atoms with Crippen molar-refractivity contribution in [2.45, 2.75) is 13.0 Å². The standard InChI is InChI=1S/C16H13FN2O2/c1-10(12-7-5-11(9-18)6-8-12)21-14-4-2-3-13(17)15(14)16(19)20/h2-8,10H,1H3,(H2,19,20)/t10-/m1/s1. The molecule has 2 rings (SSSR count). The monoisotopic (exact) mass is 284 g/mol. The molecule has 0 fully saturated rings. The molecule has 5 heteroatoms. The minimum atomic E-state index is -0.880. The summed E-state index contributed by atoms with van der Waals surface area (Å²) in [4.78, 5) is 11.3. The summed E-state index contributed by atoms with van der Waals surface area (Å²) >= 11 is 0. The molecule has 0 saturated heterocycles. The van der Waals surface area contributed by atoms with E-state index in [1.54, 1.807) is 31.2 Å². The molecule has 2 aromatic carbocycles. The quantitative estimate of drug-likeness (QED) is 0.937. The van der Waals surface area contributed by atoms with Gasteiger partial charge in [-0.05, 0) is 36.8 Å². The van der Waals surface area contributed by atoms with Crippen LogP contribution in [0, 0.1) is 17.1 Å². The van der Waals surface area contributed by atoms with Crippen LogP contribution < -0.4 is 10.5 Å². The summed E-state index contributed by atoms with van der Waals surface area (Å²) in [6, 6.07) is 12.9. The zero-order valence-corrected chi connectivity index (χ0v) is 11.3. The van der Waals surface area contributed by atoms with Gasteiger partial charge in [0, 0.05) is 0 Å². The lowest BCUT2D eigenvalue weighted by molar-refractivity contribution is 0.0989. The Morgan fingerprint density at radius 3 is 2.52 bits per heavy atom. The van der Waals surface area contributed by atoms with Crippen molar-refractivity contribution in [3.8, 4) is 11.8 Å². The Bertz CT molecular complexity index is 705. The molecule has 4 nitrogen and oxygen atoms in total. The molecule has 0 radical (unpaired) electrons. The molecule has 0 aromatic heterocycles. The van der Waals surface area contributed by atoms with Crippen LogP contribution in [0.5, 0.6) is 5.75 Å². The molecule has 0 bridgehead atoms. The van der Waals surface area contributed by atoms with Gasteiger partial charge in [0.15, 0.2) is 0 Å². The Balaban J connectivity index is 2.27. The number of primary amides is 1. The van der Waals surface area contributed by atoms with Gasteiger partial charge in [-0.3, -0.25) is 4.79 Å². The van der Waals surface area contributed by atoms with Gasteiger partial charge in [0.05, 0.1) is 11.6 Å². The van der Waals surface area contributed by atoms with Crippen molar-refractivity contribution in [1.29, 1.82) is 5.26 Å². The van der Waals surface area contributed by atoms with E-state index in [1.807, 2.05) is 6.07 Å². The summed E-state index contributed by atoms with van der Waals surface area (Å²) in [6.45, 7) is 1.76. The van der Waals surface area contributed by atoms with Crippen LogP contribution in [0.3, 0.4) is 0 Å². The SMILES string of the molecule is C[C@@H](Oc1cccc(F)c1C(N)=O)c1ccc(C#N)cc1. The zero-order valence-electron chi connectivity index (χ0n) is 11.3. The molecule has 1 atom stereocenters. The third-order valence-electron chi connectivity index (χ3n) is 3.03. The lowest BCUT2D eigenvalue weighted by Gasteiger charge is -2.17. The highest BCUT2D eigenvalue weighted by Crippen LogP contribution is 2.27. The number of benzene rings is 2. The number of hydrogen-bond donors (Lipinski definition) is 1. The van der Waals surface area contributed by atoms with Crippen molar-refractivity contribution in [3.05, 3.63) is 65.0 Å². The van der Waals surface area contributed by atoms with Crippen LogP contribution in [0.1, 0.15) is 34.5 Å². The maximum Gasteiger partial charge on any atom is 0.255 e. The molecule has 21 heavy (non-hydrogen) atoms. The summed E-state index contributed by atoms with van der Waals surface area (Å²) in [5, 5.41) is 8.76. The summed E-state index contributed by atoms with van der Waals surface area (Å²) in [5.74, 6) is -1.50. The summed E-state index contributed by atoms with van der Waals surface area (Å²) in [7, 11) is 0. The normalized spacial score (nSPS) is 11.5. The Morgan fingerprint density at radius 1 is 1.29 bits per heavy atom. The topological polar surface area (TPSA) is 76.1 Å². The van der Waals surface area contributed by atoms with Gasteiger partial charge in [-0.15, -0.1) is 0 Å². The molecule has 0 unspecified atom stereocenters. The van der Waals surface area contributed by atoms with Crippen LogP contribution in [0.4, 0.5) is 4.39 Å². The fraction of sp³-hybridized carbons (Fsp3) is 0.125. The molecule has 0 heterocycles. The van der Waals surface area contributed by atoms with E-state index in [0.29, 0.717) is 5.56 Å². The van der Waals surface area contributed by atoms with Gasteiger partial charge in [-0.1, -0.05) is 18.2 Å². The van der Waals surface area contributed by atoms with Crippen molar-refractivity contribution in [2.24, 2.45) is 5.73 Å². The molecule has 0 spiro atoms. The van der Waals surface area contributed by atoms with Gasteiger partial charge < -0.3 is 10.5 Å². The van der Waals surface area contributed by atoms with E-state index in [-0.39, 0.29) is 11.3 Å². The number of carbonyl (C=O) groups is 1. The second-order valence-electron chi connectivity index (χ2n) is 4.47. The first-order chi connectivity index (χ1) is 10.0. The molecule has 0 saturated carbocycles. The van der Waals surface area contributed by atoms with Crippen LogP contribution in [0.25, 0.3) is 0 Å². The fourth-order valence-electron chi connectivity index (χ4n) is 1.93. The van der Waals surface area contributed by atoms with Crippen molar-refractivity contribution < 1.29 is 13.9 Å². The van der Waals surface area contributed by atoms with Gasteiger partial charge in [0.25, 0.3) is 5.91 Å². The van der Waals surface area contributed by atoms with Crippen molar-refractivity contribution in [1.82, 2.24) is 0 Å². The number of carbonyl (C=O) groups excluding carboxylic acids is 1. The molecular weight excluding hydrogens is 271 g/mol. The highest BCUT2D eigenvalue weighted by Gasteiger charge is 2.17. The second-order valence-corrected chi connectivity index (χ2v) is 4.47. The molecule has 0 aliphatic rings. The number of hydrogen-bond acceptors (Lipinski definition) is 3. The maximum atomic E-state index is 13.6. The third-order valence-corrected chi connectivity index (χ3v) is 3.03. The van der Waals surface area contributed by atoms with Gasteiger partial charge >= 0.3 is 0 Å². The van der Waals surface area contributed by atoms with Gasteiger partial charge in [-0.2, -0.15) is 5.26 Å². The molecule has 106 valence electrons. The largest absolute Gasteiger partial charge is 0.485 e. The van der Waals surface area contributed by atoms with Crippen molar-refractivity contribution >= 4 is 5.91 Å². The van der Waals surface area contributed by atoms with Gasteiger partial charge in [0.1, 0.15) is 23.2 Å². The minimum absolute atomic E-state index is 0.0966. The van der Waals surface area contributed by atoms with E-state index < -0.39 is 17.8 Å². The predicted octanol–water partition coefficient (Wildman–Crippen LogP) is 2.94. The number of amides is 1. The molecule has 2 N–H and O–H groups in total. The van der Waals surface area contributed by atoms with Gasteiger partial charge in [0.2, 0.25) is 0 Å². The molecular formula is C16H13FN2O2. The highest BCUT2D eigenvalue weighted by atomic mass is 19.1. The lowest BCUT2D eigenvalue weighted by atomic mass is 10.1. The Morgan fingerprint density at radius 2 is 1.95 bits per heavy atom. The summed E-state index contributed by atoms with van der Waals surface area (Å²) < 4.78 is 19.3. The molecule has 0 aliphatic heterocycles. The predicted molar refractivity (Wildman–Crippen MR) is 75.1 cm³/mol. The van der Waals surface area contributed by atoms with Gasteiger partial charge in [-0.25, -0.2) is 4.39 Å². The third kappa shape index (κ3) is 3.18. The van der Waals surface area contributed by atoms with E-state index in [4.69, 9.17) is 15.7 Å². The smallest absolute Gasteiger partial charge is 0.255 e. The molecule has 0 aliphatic carbocycles. The average Bonchev–Trinajstić information content (AvgIpc) is 2.47. The lowest BCUT2D eigenvalue weighted by Crippen LogP contribution is -2.16. The number of nitriles is 1. The van der Waals surface area contributed by atoms with E-state index in [2.05, 4.69) is 0 Å². The first-order valence-corrected chi connectivity index (χ1v) is 6.28. The van der Waals surface area contributed by atoms with E-state index in [1.165, 1.54) is 12.1 Å². The first kappa shape index (κ1) is 14.5. The zero-order chi connectivity index (χ0) is 15.4. The number of nitrogens with two attached hydrogens (primary N) is 1.